The van der Waals surface area contributed by atoms with E-state index in [2.05, 4.69) is 16.0 Å². The molecule has 2 amide bonds. The predicted molar refractivity (Wildman–Crippen MR) is 76.2 cm³/mol. The molecule has 0 aliphatic carbocycles. The van der Waals surface area contributed by atoms with Crippen LogP contribution < -0.4 is 16.0 Å². The highest BCUT2D eigenvalue weighted by atomic mass is 16.2. The van der Waals surface area contributed by atoms with E-state index in [1.54, 1.807) is 18.2 Å². The highest BCUT2D eigenvalue weighted by Gasteiger charge is 2.07. The van der Waals surface area contributed by atoms with Crippen molar-refractivity contribution < 1.29 is 9.59 Å². The van der Waals surface area contributed by atoms with E-state index in [4.69, 9.17) is 0 Å². The third-order valence-corrected chi connectivity index (χ3v) is 2.37. The summed E-state index contributed by atoms with van der Waals surface area (Å²) in [4.78, 5) is 23.2. The average Bonchev–Trinajstić information content (AvgIpc) is 2.36. The Kier molecular flexibility index (Phi) is 5.85. The van der Waals surface area contributed by atoms with Gasteiger partial charge in [0.25, 0.3) is 5.91 Å². The molecule has 1 rings (SSSR count). The number of nitrogens with one attached hydrogen (secondary N) is 3. The largest absolute Gasteiger partial charge is 0.376 e. The second kappa shape index (κ2) is 7.41. The minimum Gasteiger partial charge on any atom is -0.376 e. The van der Waals surface area contributed by atoms with E-state index >= 15 is 0 Å². The van der Waals surface area contributed by atoms with Gasteiger partial charge in [0.15, 0.2) is 0 Å². The Hall–Kier alpha value is -2.04. The normalized spacial score (nSPS) is 10.1. The molecule has 19 heavy (non-hydrogen) atoms. The molecule has 3 N–H and O–H groups in total. The van der Waals surface area contributed by atoms with Gasteiger partial charge in [-0.3, -0.25) is 9.59 Å². The monoisotopic (exact) mass is 263 g/mol. The molecule has 1 aromatic rings. The Bertz CT molecular complexity index is 444. The number of carbonyl (C=O) groups is 2. The first-order valence-electron chi connectivity index (χ1n) is 6.44. The number of anilines is 1. The van der Waals surface area contributed by atoms with Gasteiger partial charge in [0.05, 0.1) is 6.54 Å². The van der Waals surface area contributed by atoms with Crippen molar-refractivity contribution in [3.05, 3.63) is 29.8 Å². The van der Waals surface area contributed by atoms with Crippen molar-refractivity contribution in [2.45, 2.75) is 26.8 Å². The van der Waals surface area contributed by atoms with Crippen LogP contribution in [0.15, 0.2) is 24.3 Å². The summed E-state index contributed by atoms with van der Waals surface area (Å²) < 4.78 is 0. The fourth-order valence-electron chi connectivity index (χ4n) is 1.56. The van der Waals surface area contributed by atoms with Gasteiger partial charge in [0.2, 0.25) is 5.91 Å². The quantitative estimate of drug-likeness (QED) is 0.726. The Balaban J connectivity index is 2.61. The number of carbonyl (C=O) groups excluding carboxylic acids is 2. The summed E-state index contributed by atoms with van der Waals surface area (Å²) in [6.45, 7) is 6.50. The van der Waals surface area contributed by atoms with Gasteiger partial charge in [-0.1, -0.05) is 6.07 Å². The van der Waals surface area contributed by atoms with Crippen LogP contribution in [0, 0.1) is 0 Å². The molecule has 0 spiro atoms. The first-order valence-corrected chi connectivity index (χ1v) is 6.44. The van der Waals surface area contributed by atoms with Gasteiger partial charge in [0, 0.05) is 23.8 Å². The number of rotatable bonds is 6. The zero-order valence-corrected chi connectivity index (χ0v) is 11.6. The van der Waals surface area contributed by atoms with Crippen LogP contribution in [-0.4, -0.2) is 30.9 Å². The molecule has 0 bridgehead atoms. The van der Waals surface area contributed by atoms with E-state index < -0.39 is 0 Å². The van der Waals surface area contributed by atoms with Crippen LogP contribution in [0.4, 0.5) is 5.69 Å². The lowest BCUT2D eigenvalue weighted by molar-refractivity contribution is -0.119. The van der Waals surface area contributed by atoms with Gasteiger partial charge in [-0.2, -0.15) is 0 Å². The fourth-order valence-corrected chi connectivity index (χ4v) is 1.56. The first-order chi connectivity index (χ1) is 9.02. The smallest absolute Gasteiger partial charge is 0.251 e. The molecule has 0 saturated heterocycles. The van der Waals surface area contributed by atoms with E-state index in [9.17, 15) is 9.59 Å². The molecule has 0 unspecified atom stereocenters. The number of likely N-dealkylation sites (N-methyl/N-ethyl adjacent to an activating group) is 1. The van der Waals surface area contributed by atoms with Crippen molar-refractivity contribution in [1.29, 1.82) is 0 Å². The molecule has 0 aliphatic heterocycles. The second-order valence-electron chi connectivity index (χ2n) is 4.52. The zero-order valence-electron chi connectivity index (χ0n) is 11.6. The van der Waals surface area contributed by atoms with Crippen LogP contribution in [0.25, 0.3) is 0 Å². The summed E-state index contributed by atoms with van der Waals surface area (Å²) in [7, 11) is 0. The molecule has 0 radical (unpaired) electrons. The highest BCUT2D eigenvalue weighted by Crippen LogP contribution is 2.10. The molecule has 1 aromatic carbocycles. The molecule has 0 aromatic heterocycles. The summed E-state index contributed by atoms with van der Waals surface area (Å²) >= 11 is 0. The van der Waals surface area contributed by atoms with E-state index in [0.717, 1.165) is 5.69 Å². The summed E-state index contributed by atoms with van der Waals surface area (Å²) in [5, 5.41) is 8.51. The summed E-state index contributed by atoms with van der Waals surface area (Å²) in [6, 6.07) is 7.19. The first kappa shape index (κ1) is 15.0. The molecule has 0 atom stereocenters. The van der Waals surface area contributed by atoms with Gasteiger partial charge in [-0.05, 0) is 39.0 Å². The summed E-state index contributed by atoms with van der Waals surface area (Å²) in [5.41, 5.74) is 1.33. The lowest BCUT2D eigenvalue weighted by Crippen LogP contribution is -2.30. The van der Waals surface area contributed by atoms with E-state index in [0.29, 0.717) is 12.1 Å². The maximum absolute atomic E-state index is 11.8. The van der Waals surface area contributed by atoms with E-state index in [-0.39, 0.29) is 24.4 Å². The lowest BCUT2D eigenvalue weighted by atomic mass is 10.2. The number of hydrogen-bond donors (Lipinski definition) is 3. The number of hydrogen-bond acceptors (Lipinski definition) is 3. The molecular formula is C14H21N3O2. The molecule has 0 saturated carbocycles. The molecule has 0 aliphatic rings. The standard InChI is InChI=1S/C14H21N3O2/c1-4-15-13(18)9-16-12-7-5-6-11(8-12)14(19)17-10(2)3/h5-8,10,16H,4,9H2,1-3H3,(H,15,18)(H,17,19). The van der Waals surface area contributed by atoms with Crippen LogP contribution in [0.5, 0.6) is 0 Å². The molecule has 5 nitrogen and oxygen atoms in total. The number of amides is 2. The second-order valence-corrected chi connectivity index (χ2v) is 4.52. The van der Waals surface area contributed by atoms with Crippen molar-refractivity contribution in [3.8, 4) is 0 Å². The van der Waals surface area contributed by atoms with Crippen molar-refractivity contribution in [1.82, 2.24) is 10.6 Å². The Morgan fingerprint density at radius 3 is 2.63 bits per heavy atom. The summed E-state index contributed by atoms with van der Waals surface area (Å²) in [5.74, 6) is -0.184. The van der Waals surface area contributed by atoms with Crippen LogP contribution >= 0.6 is 0 Å². The minimum atomic E-state index is -0.114. The lowest BCUT2D eigenvalue weighted by Gasteiger charge is -2.10. The van der Waals surface area contributed by atoms with Crippen LogP contribution in [0.1, 0.15) is 31.1 Å². The Morgan fingerprint density at radius 1 is 1.26 bits per heavy atom. The molecule has 104 valence electrons. The SMILES string of the molecule is CCNC(=O)CNc1cccc(C(=O)NC(C)C)c1. The van der Waals surface area contributed by atoms with Crippen LogP contribution in [-0.2, 0) is 4.79 Å². The molecular weight excluding hydrogens is 242 g/mol. The summed E-state index contributed by atoms with van der Waals surface area (Å²) in [6.07, 6.45) is 0. The van der Waals surface area contributed by atoms with E-state index in [1.165, 1.54) is 0 Å². The third-order valence-electron chi connectivity index (χ3n) is 2.37. The topological polar surface area (TPSA) is 70.2 Å². The van der Waals surface area contributed by atoms with Crippen molar-refractivity contribution >= 4 is 17.5 Å². The van der Waals surface area contributed by atoms with Crippen molar-refractivity contribution in [2.75, 3.05) is 18.4 Å². The van der Waals surface area contributed by atoms with Gasteiger partial charge in [-0.25, -0.2) is 0 Å². The van der Waals surface area contributed by atoms with E-state index in [1.807, 2.05) is 26.8 Å². The van der Waals surface area contributed by atoms with Crippen molar-refractivity contribution in [2.24, 2.45) is 0 Å². The van der Waals surface area contributed by atoms with Gasteiger partial charge < -0.3 is 16.0 Å². The Labute approximate surface area is 113 Å². The van der Waals surface area contributed by atoms with Gasteiger partial charge in [0.1, 0.15) is 0 Å². The molecule has 5 heteroatoms. The molecule has 0 fully saturated rings. The van der Waals surface area contributed by atoms with Crippen LogP contribution in [0.2, 0.25) is 0 Å². The number of benzene rings is 1. The third kappa shape index (κ3) is 5.42. The Morgan fingerprint density at radius 2 is 2.00 bits per heavy atom. The maximum atomic E-state index is 11.8. The molecule has 0 heterocycles. The zero-order chi connectivity index (χ0) is 14.3. The maximum Gasteiger partial charge on any atom is 0.251 e. The minimum absolute atomic E-state index is 0.0699. The van der Waals surface area contributed by atoms with Gasteiger partial charge >= 0.3 is 0 Å². The van der Waals surface area contributed by atoms with Crippen LogP contribution in [0.3, 0.4) is 0 Å². The fraction of sp³-hybridized carbons (Fsp3) is 0.429. The van der Waals surface area contributed by atoms with Crippen molar-refractivity contribution in [3.63, 3.8) is 0 Å². The highest BCUT2D eigenvalue weighted by molar-refractivity contribution is 5.95. The average molecular weight is 263 g/mol. The predicted octanol–water partition coefficient (Wildman–Crippen LogP) is 1.37. The van der Waals surface area contributed by atoms with Gasteiger partial charge in [-0.15, -0.1) is 0 Å².